The molecule has 1 atom stereocenters. The number of hydrogen-bond donors (Lipinski definition) is 0. The highest BCUT2D eigenvalue weighted by molar-refractivity contribution is 5.76. The van der Waals surface area contributed by atoms with Gasteiger partial charge in [-0.25, -0.2) is 5.32 Å². The molecule has 1 amide bonds. The van der Waals surface area contributed by atoms with Gasteiger partial charge in [-0.1, -0.05) is 12.8 Å². The SMILES string of the molecule is CN(C(=O)CCC1CCC[N]C1)C1CCCC1. The first-order chi connectivity index (χ1) is 8.27. The van der Waals surface area contributed by atoms with E-state index in [0.29, 0.717) is 17.9 Å². The Morgan fingerprint density at radius 3 is 2.65 bits per heavy atom. The van der Waals surface area contributed by atoms with E-state index in [2.05, 4.69) is 5.32 Å². The van der Waals surface area contributed by atoms with Crippen LogP contribution in [0.5, 0.6) is 0 Å². The molecule has 0 aromatic carbocycles. The van der Waals surface area contributed by atoms with Crippen molar-refractivity contribution in [1.82, 2.24) is 10.2 Å². The fourth-order valence-electron chi connectivity index (χ4n) is 3.09. The molecular formula is C14H25N2O. The molecule has 3 nitrogen and oxygen atoms in total. The quantitative estimate of drug-likeness (QED) is 0.738. The van der Waals surface area contributed by atoms with E-state index < -0.39 is 0 Å². The summed E-state index contributed by atoms with van der Waals surface area (Å²) in [5, 5.41) is 4.43. The van der Waals surface area contributed by atoms with Crippen molar-refractivity contribution in [3.63, 3.8) is 0 Å². The summed E-state index contributed by atoms with van der Waals surface area (Å²) in [5.41, 5.74) is 0. The summed E-state index contributed by atoms with van der Waals surface area (Å²) in [4.78, 5) is 14.1. The van der Waals surface area contributed by atoms with Crippen molar-refractivity contribution in [3.05, 3.63) is 0 Å². The fraction of sp³-hybridized carbons (Fsp3) is 0.929. The van der Waals surface area contributed by atoms with Crippen LogP contribution in [0.3, 0.4) is 0 Å². The van der Waals surface area contributed by atoms with E-state index in [1.165, 1.54) is 38.5 Å². The van der Waals surface area contributed by atoms with Gasteiger partial charge in [-0.15, -0.1) is 0 Å². The van der Waals surface area contributed by atoms with E-state index in [1.54, 1.807) is 0 Å². The van der Waals surface area contributed by atoms with E-state index in [1.807, 2.05) is 11.9 Å². The average Bonchev–Trinajstić information content (AvgIpc) is 2.90. The summed E-state index contributed by atoms with van der Waals surface area (Å²) < 4.78 is 0. The number of amides is 1. The van der Waals surface area contributed by atoms with Crippen LogP contribution in [-0.4, -0.2) is 37.0 Å². The Morgan fingerprint density at radius 2 is 2.00 bits per heavy atom. The largest absolute Gasteiger partial charge is 0.343 e. The predicted molar refractivity (Wildman–Crippen MR) is 68.9 cm³/mol. The molecule has 0 N–H and O–H groups in total. The molecule has 2 rings (SSSR count). The number of nitrogens with zero attached hydrogens (tertiary/aromatic N) is 2. The van der Waals surface area contributed by atoms with Gasteiger partial charge in [0.1, 0.15) is 0 Å². The lowest BCUT2D eigenvalue weighted by atomic mass is 9.94. The molecule has 97 valence electrons. The lowest BCUT2D eigenvalue weighted by Crippen LogP contribution is -2.35. The van der Waals surface area contributed by atoms with E-state index in [0.717, 1.165) is 25.9 Å². The van der Waals surface area contributed by atoms with Crippen molar-refractivity contribution < 1.29 is 4.79 Å². The van der Waals surface area contributed by atoms with Crippen LogP contribution in [-0.2, 0) is 4.79 Å². The summed E-state index contributed by atoms with van der Waals surface area (Å²) in [6.07, 6.45) is 9.27. The molecular weight excluding hydrogens is 212 g/mol. The third-order valence-electron chi connectivity index (χ3n) is 4.35. The highest BCUT2D eigenvalue weighted by Crippen LogP contribution is 2.24. The Balaban J connectivity index is 1.68. The minimum atomic E-state index is 0.350. The number of piperidine rings is 1. The Kier molecular flexibility index (Phi) is 4.84. The maximum atomic E-state index is 12.1. The predicted octanol–water partition coefficient (Wildman–Crippen LogP) is 2.18. The van der Waals surface area contributed by atoms with Crippen LogP contribution in [0.2, 0.25) is 0 Å². The van der Waals surface area contributed by atoms with E-state index in [4.69, 9.17) is 0 Å². The zero-order valence-corrected chi connectivity index (χ0v) is 11.0. The molecule has 2 fully saturated rings. The summed E-state index contributed by atoms with van der Waals surface area (Å²) in [7, 11) is 1.99. The third-order valence-corrected chi connectivity index (χ3v) is 4.35. The number of rotatable bonds is 4. The third kappa shape index (κ3) is 3.70. The first-order valence-electron chi connectivity index (χ1n) is 7.16. The molecule has 1 aliphatic carbocycles. The van der Waals surface area contributed by atoms with Crippen molar-refractivity contribution in [3.8, 4) is 0 Å². The highest BCUT2D eigenvalue weighted by atomic mass is 16.2. The zero-order valence-electron chi connectivity index (χ0n) is 11.0. The van der Waals surface area contributed by atoms with E-state index in [-0.39, 0.29) is 0 Å². The van der Waals surface area contributed by atoms with Crippen LogP contribution in [0.1, 0.15) is 51.4 Å². The van der Waals surface area contributed by atoms with E-state index >= 15 is 0 Å². The molecule has 3 heteroatoms. The summed E-state index contributed by atoms with van der Waals surface area (Å²) >= 11 is 0. The summed E-state index contributed by atoms with van der Waals surface area (Å²) in [6, 6.07) is 0.526. The summed E-state index contributed by atoms with van der Waals surface area (Å²) in [5.74, 6) is 1.02. The molecule has 1 saturated heterocycles. The highest BCUT2D eigenvalue weighted by Gasteiger charge is 2.24. The fourth-order valence-corrected chi connectivity index (χ4v) is 3.09. The van der Waals surface area contributed by atoms with Crippen LogP contribution < -0.4 is 5.32 Å². The normalized spacial score (nSPS) is 26.1. The number of carbonyl (C=O) groups is 1. The van der Waals surface area contributed by atoms with Gasteiger partial charge in [-0.2, -0.15) is 0 Å². The topological polar surface area (TPSA) is 34.4 Å². The van der Waals surface area contributed by atoms with Gasteiger partial charge >= 0.3 is 0 Å². The van der Waals surface area contributed by atoms with Gasteiger partial charge in [-0.3, -0.25) is 4.79 Å². The molecule has 0 aromatic heterocycles. The van der Waals surface area contributed by atoms with Gasteiger partial charge in [-0.05, 0) is 38.0 Å². The maximum Gasteiger partial charge on any atom is 0.222 e. The van der Waals surface area contributed by atoms with Crippen molar-refractivity contribution >= 4 is 5.91 Å². The van der Waals surface area contributed by atoms with Gasteiger partial charge in [0.25, 0.3) is 0 Å². The Morgan fingerprint density at radius 1 is 1.24 bits per heavy atom. The van der Waals surface area contributed by atoms with Gasteiger partial charge in [0, 0.05) is 32.6 Å². The van der Waals surface area contributed by atoms with Crippen molar-refractivity contribution in [2.75, 3.05) is 20.1 Å². The van der Waals surface area contributed by atoms with Crippen LogP contribution in [0.25, 0.3) is 0 Å². The van der Waals surface area contributed by atoms with Crippen LogP contribution >= 0.6 is 0 Å². The molecule has 1 aliphatic heterocycles. The van der Waals surface area contributed by atoms with Gasteiger partial charge in [0.2, 0.25) is 5.91 Å². The van der Waals surface area contributed by atoms with E-state index in [9.17, 15) is 4.79 Å². The molecule has 1 radical (unpaired) electrons. The minimum absolute atomic E-state index is 0.350. The van der Waals surface area contributed by atoms with Gasteiger partial charge < -0.3 is 4.90 Å². The molecule has 1 unspecified atom stereocenters. The standard InChI is InChI=1S/C14H25N2O/c1-16(13-6-2-3-7-13)14(17)9-8-12-5-4-10-15-11-12/h12-13H,2-11H2,1H3. The average molecular weight is 237 g/mol. The first kappa shape index (κ1) is 12.9. The number of hydrogen-bond acceptors (Lipinski definition) is 1. The lowest BCUT2D eigenvalue weighted by Gasteiger charge is -2.26. The molecule has 0 aromatic rings. The van der Waals surface area contributed by atoms with Crippen molar-refractivity contribution in [1.29, 1.82) is 0 Å². The zero-order chi connectivity index (χ0) is 12.1. The smallest absolute Gasteiger partial charge is 0.222 e. The second-order valence-electron chi connectivity index (χ2n) is 5.62. The second-order valence-corrected chi connectivity index (χ2v) is 5.62. The van der Waals surface area contributed by atoms with Crippen LogP contribution in [0.4, 0.5) is 0 Å². The lowest BCUT2D eigenvalue weighted by molar-refractivity contribution is -0.132. The monoisotopic (exact) mass is 237 g/mol. The Hall–Kier alpha value is -0.570. The van der Waals surface area contributed by atoms with Crippen LogP contribution in [0.15, 0.2) is 0 Å². The molecule has 1 saturated carbocycles. The molecule has 17 heavy (non-hydrogen) atoms. The first-order valence-corrected chi connectivity index (χ1v) is 7.16. The van der Waals surface area contributed by atoms with Gasteiger partial charge in [0.15, 0.2) is 0 Å². The van der Waals surface area contributed by atoms with Gasteiger partial charge in [0.05, 0.1) is 0 Å². The Bertz CT molecular complexity index is 243. The Labute approximate surface area is 105 Å². The molecule has 1 heterocycles. The van der Waals surface area contributed by atoms with Crippen molar-refractivity contribution in [2.24, 2.45) is 5.92 Å². The van der Waals surface area contributed by atoms with Crippen LogP contribution in [0, 0.1) is 5.92 Å². The van der Waals surface area contributed by atoms with Crippen molar-refractivity contribution in [2.45, 2.75) is 57.4 Å². The number of carbonyl (C=O) groups excluding carboxylic acids is 1. The second kappa shape index (κ2) is 6.39. The molecule has 0 bridgehead atoms. The minimum Gasteiger partial charge on any atom is -0.343 e. The summed E-state index contributed by atoms with van der Waals surface area (Å²) in [6.45, 7) is 2.02. The maximum absolute atomic E-state index is 12.1. The molecule has 0 spiro atoms. The molecule has 2 aliphatic rings.